The van der Waals surface area contributed by atoms with E-state index in [0.717, 1.165) is 18.6 Å². The van der Waals surface area contributed by atoms with Crippen molar-refractivity contribution in [2.45, 2.75) is 25.9 Å². The molecule has 0 aliphatic carbocycles. The Labute approximate surface area is 141 Å². The van der Waals surface area contributed by atoms with Gasteiger partial charge in [-0.25, -0.2) is 0 Å². The Morgan fingerprint density at radius 3 is 2.62 bits per heavy atom. The fraction of sp³-hybridized carbons (Fsp3) is 0.316. The molecule has 0 radical (unpaired) electrons. The minimum absolute atomic E-state index is 0.129. The van der Waals surface area contributed by atoms with Gasteiger partial charge in [-0.2, -0.15) is 0 Å². The molecule has 1 atom stereocenters. The van der Waals surface area contributed by atoms with Crippen LogP contribution in [0.5, 0.6) is 17.2 Å². The minimum Gasteiger partial charge on any atom is -0.494 e. The monoisotopic (exact) mass is 327 g/mol. The summed E-state index contributed by atoms with van der Waals surface area (Å²) in [5.74, 6) is 1.94. The van der Waals surface area contributed by atoms with Gasteiger partial charge in [0.05, 0.1) is 12.3 Å². The molecule has 2 aromatic carbocycles. The highest BCUT2D eigenvalue weighted by Gasteiger charge is 2.24. The van der Waals surface area contributed by atoms with Crippen LogP contribution in [0.1, 0.15) is 19.8 Å². The van der Waals surface area contributed by atoms with Crippen LogP contribution in [-0.4, -0.2) is 25.2 Å². The number of hydrogen-bond acceptors (Lipinski definition) is 4. The normalized spacial score (nSPS) is 16.6. The predicted octanol–water partition coefficient (Wildman–Crippen LogP) is 4.00. The summed E-state index contributed by atoms with van der Waals surface area (Å²) >= 11 is 0. The molecule has 1 aliphatic rings. The maximum absolute atomic E-state index is 12.2. The Morgan fingerprint density at radius 1 is 1.17 bits per heavy atom. The zero-order valence-electron chi connectivity index (χ0n) is 13.7. The first-order chi connectivity index (χ1) is 11.8. The molecule has 3 rings (SSSR count). The third-order valence-corrected chi connectivity index (χ3v) is 3.73. The zero-order valence-corrected chi connectivity index (χ0v) is 13.7. The van der Waals surface area contributed by atoms with Gasteiger partial charge in [-0.05, 0) is 56.2 Å². The molecule has 1 heterocycles. The van der Waals surface area contributed by atoms with Gasteiger partial charge in [-0.3, -0.25) is 4.79 Å². The Bertz CT molecular complexity index is 678. The number of ether oxygens (including phenoxy) is 3. The molecule has 1 N–H and O–H groups in total. The Balaban J connectivity index is 1.70. The van der Waals surface area contributed by atoms with E-state index in [-0.39, 0.29) is 12.0 Å². The van der Waals surface area contributed by atoms with Crippen LogP contribution in [0.15, 0.2) is 48.5 Å². The van der Waals surface area contributed by atoms with Crippen molar-refractivity contribution in [3.8, 4) is 17.2 Å². The van der Waals surface area contributed by atoms with E-state index in [1.807, 2.05) is 55.5 Å². The third-order valence-electron chi connectivity index (χ3n) is 3.73. The highest BCUT2D eigenvalue weighted by atomic mass is 16.5. The van der Waals surface area contributed by atoms with Gasteiger partial charge in [0.15, 0.2) is 5.75 Å². The van der Waals surface area contributed by atoms with Gasteiger partial charge in [-0.15, -0.1) is 0 Å². The zero-order chi connectivity index (χ0) is 16.8. The van der Waals surface area contributed by atoms with Crippen LogP contribution in [0.25, 0.3) is 0 Å². The largest absolute Gasteiger partial charge is 0.494 e. The van der Waals surface area contributed by atoms with Crippen molar-refractivity contribution in [3.05, 3.63) is 48.5 Å². The molecule has 0 saturated carbocycles. The molecule has 1 amide bonds. The smallest absolute Gasteiger partial charge is 0.253 e. The van der Waals surface area contributed by atoms with E-state index >= 15 is 0 Å². The molecule has 1 fully saturated rings. The lowest BCUT2D eigenvalue weighted by Crippen LogP contribution is -2.26. The fourth-order valence-electron chi connectivity index (χ4n) is 2.55. The number of anilines is 1. The second-order valence-electron chi connectivity index (χ2n) is 5.49. The number of amides is 1. The molecule has 126 valence electrons. The minimum atomic E-state index is -0.372. The fourth-order valence-corrected chi connectivity index (χ4v) is 2.55. The maximum Gasteiger partial charge on any atom is 0.253 e. The average molecular weight is 327 g/mol. The van der Waals surface area contributed by atoms with Crippen LogP contribution in [0.3, 0.4) is 0 Å². The molecule has 2 aromatic rings. The van der Waals surface area contributed by atoms with E-state index in [1.165, 1.54) is 0 Å². The van der Waals surface area contributed by atoms with Crippen LogP contribution in [0.2, 0.25) is 0 Å². The van der Waals surface area contributed by atoms with Crippen LogP contribution >= 0.6 is 0 Å². The number of nitrogens with one attached hydrogen (secondary N) is 1. The van der Waals surface area contributed by atoms with Crippen molar-refractivity contribution < 1.29 is 19.0 Å². The quantitative estimate of drug-likeness (QED) is 0.871. The van der Waals surface area contributed by atoms with E-state index in [2.05, 4.69) is 5.32 Å². The first-order valence-electron chi connectivity index (χ1n) is 8.18. The Morgan fingerprint density at radius 2 is 1.92 bits per heavy atom. The van der Waals surface area contributed by atoms with Crippen molar-refractivity contribution in [3.63, 3.8) is 0 Å². The predicted molar refractivity (Wildman–Crippen MR) is 91.7 cm³/mol. The summed E-state index contributed by atoms with van der Waals surface area (Å²) in [7, 11) is 0. The van der Waals surface area contributed by atoms with E-state index in [0.29, 0.717) is 30.4 Å². The summed E-state index contributed by atoms with van der Waals surface area (Å²) in [6, 6.07) is 14.7. The van der Waals surface area contributed by atoms with Gasteiger partial charge >= 0.3 is 0 Å². The van der Waals surface area contributed by atoms with E-state index in [9.17, 15) is 4.79 Å². The van der Waals surface area contributed by atoms with Crippen molar-refractivity contribution in [1.82, 2.24) is 0 Å². The van der Waals surface area contributed by atoms with Gasteiger partial charge in [0.2, 0.25) is 0 Å². The van der Waals surface area contributed by atoms with Gasteiger partial charge in [0, 0.05) is 6.61 Å². The summed E-state index contributed by atoms with van der Waals surface area (Å²) in [6.07, 6.45) is 1.31. The number of benzene rings is 2. The molecule has 24 heavy (non-hydrogen) atoms. The molecular formula is C19H21NO4. The van der Waals surface area contributed by atoms with Crippen LogP contribution in [0.4, 0.5) is 5.69 Å². The van der Waals surface area contributed by atoms with Crippen molar-refractivity contribution in [1.29, 1.82) is 0 Å². The number of rotatable bonds is 6. The Kier molecular flexibility index (Phi) is 5.33. The standard InChI is InChI=1S/C19H21NO4/c1-2-22-14-9-11-15(12-10-14)24-17-7-4-3-6-16(17)20-19(21)18-8-5-13-23-18/h3-4,6-7,9-12,18H,2,5,8,13H2,1H3,(H,20,21)/t18-/m1/s1. The first-order valence-corrected chi connectivity index (χ1v) is 8.18. The lowest BCUT2D eigenvalue weighted by molar-refractivity contribution is -0.124. The summed E-state index contributed by atoms with van der Waals surface area (Å²) in [4.78, 5) is 12.2. The summed E-state index contributed by atoms with van der Waals surface area (Å²) in [5.41, 5.74) is 0.631. The number of carbonyl (C=O) groups excluding carboxylic acids is 1. The molecule has 1 saturated heterocycles. The van der Waals surface area contributed by atoms with Crippen molar-refractivity contribution in [2.75, 3.05) is 18.5 Å². The second kappa shape index (κ2) is 7.84. The van der Waals surface area contributed by atoms with Crippen molar-refractivity contribution in [2.24, 2.45) is 0 Å². The van der Waals surface area contributed by atoms with Gasteiger partial charge < -0.3 is 19.5 Å². The molecule has 1 aliphatic heterocycles. The number of para-hydroxylation sites is 2. The van der Waals surface area contributed by atoms with E-state index < -0.39 is 0 Å². The second-order valence-corrected chi connectivity index (χ2v) is 5.49. The summed E-state index contributed by atoms with van der Waals surface area (Å²) in [6.45, 7) is 3.21. The summed E-state index contributed by atoms with van der Waals surface area (Å²) < 4.78 is 16.7. The van der Waals surface area contributed by atoms with Gasteiger partial charge in [0.1, 0.15) is 17.6 Å². The van der Waals surface area contributed by atoms with Gasteiger partial charge in [-0.1, -0.05) is 12.1 Å². The molecule has 5 heteroatoms. The third kappa shape index (κ3) is 4.06. The molecule has 0 bridgehead atoms. The average Bonchev–Trinajstić information content (AvgIpc) is 3.13. The highest BCUT2D eigenvalue weighted by molar-refractivity contribution is 5.95. The van der Waals surface area contributed by atoms with E-state index in [4.69, 9.17) is 14.2 Å². The Hall–Kier alpha value is -2.53. The van der Waals surface area contributed by atoms with Crippen LogP contribution in [0, 0.1) is 0 Å². The number of hydrogen-bond donors (Lipinski definition) is 1. The lowest BCUT2D eigenvalue weighted by atomic mass is 10.2. The van der Waals surface area contributed by atoms with Crippen LogP contribution in [-0.2, 0) is 9.53 Å². The van der Waals surface area contributed by atoms with E-state index in [1.54, 1.807) is 0 Å². The van der Waals surface area contributed by atoms with Crippen LogP contribution < -0.4 is 14.8 Å². The SMILES string of the molecule is CCOc1ccc(Oc2ccccc2NC(=O)[C@H]2CCCO2)cc1. The molecule has 5 nitrogen and oxygen atoms in total. The lowest BCUT2D eigenvalue weighted by Gasteiger charge is -2.14. The molecule has 0 unspecified atom stereocenters. The molecular weight excluding hydrogens is 306 g/mol. The number of carbonyl (C=O) groups is 1. The maximum atomic E-state index is 12.2. The topological polar surface area (TPSA) is 56.8 Å². The van der Waals surface area contributed by atoms with Crippen molar-refractivity contribution >= 4 is 11.6 Å². The highest BCUT2D eigenvalue weighted by Crippen LogP contribution is 2.30. The molecule has 0 aromatic heterocycles. The molecule has 0 spiro atoms. The first kappa shape index (κ1) is 16.3. The summed E-state index contributed by atoms with van der Waals surface area (Å²) in [5, 5.41) is 2.89. The van der Waals surface area contributed by atoms with Gasteiger partial charge in [0.25, 0.3) is 5.91 Å².